The van der Waals surface area contributed by atoms with Crippen LogP contribution in [0, 0.1) is 13.8 Å². The van der Waals surface area contributed by atoms with Gasteiger partial charge in [0.05, 0.1) is 13.2 Å². The van der Waals surface area contributed by atoms with E-state index in [1.807, 2.05) is 38.1 Å². The summed E-state index contributed by atoms with van der Waals surface area (Å²) in [5.41, 5.74) is 6.90. The Bertz CT molecular complexity index is 631. The van der Waals surface area contributed by atoms with E-state index in [0.29, 0.717) is 11.4 Å². The van der Waals surface area contributed by atoms with E-state index in [4.69, 9.17) is 22.2 Å². The van der Waals surface area contributed by atoms with Crippen molar-refractivity contribution in [1.29, 1.82) is 0 Å². The molecule has 4 nitrogen and oxygen atoms in total. The monoisotopic (exact) mass is 305 g/mol. The number of halogens is 1. The molecule has 0 bridgehead atoms. The molecule has 1 atom stereocenters. The Hall–Kier alpha value is -1.62. The molecular formula is C16H20ClN3O. The number of methoxy groups -OCH3 is 1. The van der Waals surface area contributed by atoms with Crippen LogP contribution in [0.25, 0.3) is 0 Å². The summed E-state index contributed by atoms with van der Waals surface area (Å²) in [7, 11) is 1.65. The molecule has 5 heteroatoms. The number of ether oxygens (including phenoxy) is 1. The highest BCUT2D eigenvalue weighted by molar-refractivity contribution is 6.30. The minimum absolute atomic E-state index is 0.0505. The second-order valence-corrected chi connectivity index (χ2v) is 5.44. The molecule has 0 saturated carbocycles. The van der Waals surface area contributed by atoms with Crippen molar-refractivity contribution in [3.8, 4) is 5.75 Å². The van der Waals surface area contributed by atoms with E-state index >= 15 is 0 Å². The Kier molecular flexibility index (Phi) is 5.17. The number of benzene rings is 1. The molecule has 2 rings (SSSR count). The second kappa shape index (κ2) is 6.89. The van der Waals surface area contributed by atoms with Gasteiger partial charge in [-0.15, -0.1) is 0 Å². The molecule has 1 aromatic carbocycles. The van der Waals surface area contributed by atoms with Crippen LogP contribution in [0.4, 0.5) is 0 Å². The van der Waals surface area contributed by atoms with Crippen molar-refractivity contribution in [3.05, 3.63) is 57.9 Å². The van der Waals surface area contributed by atoms with E-state index < -0.39 is 0 Å². The molecule has 0 aliphatic heterocycles. The number of aromatic nitrogens is 1. The number of hydrogen-bond donors (Lipinski definition) is 2. The fourth-order valence-corrected chi connectivity index (χ4v) is 2.65. The van der Waals surface area contributed by atoms with Crippen LogP contribution >= 0.6 is 11.6 Å². The lowest BCUT2D eigenvalue weighted by atomic mass is 9.97. The quantitative estimate of drug-likeness (QED) is 0.658. The molecule has 1 unspecified atom stereocenters. The summed E-state index contributed by atoms with van der Waals surface area (Å²) >= 11 is 6.08. The van der Waals surface area contributed by atoms with E-state index in [1.165, 1.54) is 0 Å². The van der Waals surface area contributed by atoms with Crippen molar-refractivity contribution in [3.63, 3.8) is 0 Å². The largest absolute Gasteiger partial charge is 0.496 e. The first-order valence-electron chi connectivity index (χ1n) is 6.78. The molecule has 112 valence electrons. The zero-order chi connectivity index (χ0) is 15.4. The third kappa shape index (κ3) is 3.73. The molecule has 0 aliphatic carbocycles. The molecule has 0 spiro atoms. The normalized spacial score (nSPS) is 12.2. The van der Waals surface area contributed by atoms with Gasteiger partial charge in [0, 0.05) is 16.4 Å². The predicted octanol–water partition coefficient (Wildman–Crippen LogP) is 3.11. The molecule has 1 aromatic heterocycles. The van der Waals surface area contributed by atoms with Crippen LogP contribution in [-0.4, -0.2) is 12.1 Å². The molecule has 0 amide bonds. The van der Waals surface area contributed by atoms with Gasteiger partial charge in [0.1, 0.15) is 5.75 Å². The number of nitrogens with one attached hydrogen (secondary N) is 1. The fraction of sp³-hybridized carbons (Fsp3) is 0.312. The summed E-state index contributed by atoms with van der Waals surface area (Å²) in [5, 5.41) is 0.681. The third-order valence-electron chi connectivity index (χ3n) is 3.51. The van der Waals surface area contributed by atoms with Crippen LogP contribution in [0.2, 0.25) is 5.02 Å². The summed E-state index contributed by atoms with van der Waals surface area (Å²) in [6, 6.07) is 9.58. The Morgan fingerprint density at radius 3 is 2.67 bits per heavy atom. The van der Waals surface area contributed by atoms with E-state index in [1.54, 1.807) is 7.11 Å². The van der Waals surface area contributed by atoms with Crippen molar-refractivity contribution in [2.45, 2.75) is 26.3 Å². The minimum Gasteiger partial charge on any atom is -0.496 e. The van der Waals surface area contributed by atoms with Gasteiger partial charge < -0.3 is 4.74 Å². The summed E-state index contributed by atoms with van der Waals surface area (Å²) in [4.78, 5) is 4.49. The maximum atomic E-state index is 6.08. The summed E-state index contributed by atoms with van der Waals surface area (Å²) in [6.07, 6.45) is 0.672. The van der Waals surface area contributed by atoms with Gasteiger partial charge in [-0.1, -0.05) is 17.7 Å². The van der Waals surface area contributed by atoms with E-state index in [0.717, 1.165) is 28.3 Å². The topological polar surface area (TPSA) is 60.2 Å². The first kappa shape index (κ1) is 15.8. The van der Waals surface area contributed by atoms with E-state index in [-0.39, 0.29) is 6.04 Å². The second-order valence-electron chi connectivity index (χ2n) is 5.01. The lowest BCUT2D eigenvalue weighted by Crippen LogP contribution is -2.30. The van der Waals surface area contributed by atoms with Crippen molar-refractivity contribution < 1.29 is 4.74 Å². The number of aryl methyl sites for hydroxylation is 2. The Balaban J connectivity index is 2.33. The standard InChI is InChI=1S/C16H20ClN3O/c1-10-4-6-14(11(2)19-10)15(20-18)9-12-8-13(17)5-7-16(12)21-3/h4-8,15,20H,9,18H2,1-3H3. The first-order valence-corrected chi connectivity index (χ1v) is 7.15. The van der Waals surface area contributed by atoms with Crippen LogP contribution in [0.5, 0.6) is 5.75 Å². The lowest BCUT2D eigenvalue weighted by Gasteiger charge is -2.20. The van der Waals surface area contributed by atoms with Gasteiger partial charge in [0.15, 0.2) is 0 Å². The number of nitrogens with zero attached hydrogens (tertiary/aromatic N) is 1. The first-order chi connectivity index (χ1) is 10.0. The van der Waals surface area contributed by atoms with Gasteiger partial charge in [-0.3, -0.25) is 16.3 Å². The molecule has 21 heavy (non-hydrogen) atoms. The maximum absolute atomic E-state index is 6.08. The molecule has 0 saturated heterocycles. The van der Waals surface area contributed by atoms with Gasteiger partial charge in [-0.25, -0.2) is 0 Å². The Labute approximate surface area is 130 Å². The average molecular weight is 306 g/mol. The molecule has 2 aromatic rings. The van der Waals surface area contributed by atoms with Crippen LogP contribution in [-0.2, 0) is 6.42 Å². The van der Waals surface area contributed by atoms with Gasteiger partial charge in [-0.2, -0.15) is 0 Å². The summed E-state index contributed by atoms with van der Waals surface area (Å²) in [6.45, 7) is 3.96. The third-order valence-corrected chi connectivity index (χ3v) is 3.74. The zero-order valence-electron chi connectivity index (χ0n) is 12.5. The molecule has 1 heterocycles. The smallest absolute Gasteiger partial charge is 0.122 e. The summed E-state index contributed by atoms with van der Waals surface area (Å²) in [5.74, 6) is 6.54. The number of pyridine rings is 1. The van der Waals surface area contributed by atoms with Crippen LogP contribution in [0.15, 0.2) is 30.3 Å². The van der Waals surface area contributed by atoms with Gasteiger partial charge in [0.25, 0.3) is 0 Å². The van der Waals surface area contributed by atoms with E-state index in [9.17, 15) is 0 Å². The van der Waals surface area contributed by atoms with Crippen molar-refractivity contribution in [1.82, 2.24) is 10.4 Å². The van der Waals surface area contributed by atoms with E-state index in [2.05, 4.69) is 16.5 Å². The molecule has 0 aliphatic rings. The summed E-state index contributed by atoms with van der Waals surface area (Å²) < 4.78 is 5.39. The zero-order valence-corrected chi connectivity index (χ0v) is 13.2. The predicted molar refractivity (Wildman–Crippen MR) is 85.5 cm³/mol. The fourth-order valence-electron chi connectivity index (χ4n) is 2.45. The number of rotatable bonds is 5. The van der Waals surface area contributed by atoms with Crippen molar-refractivity contribution in [2.75, 3.05) is 7.11 Å². The number of hydrazine groups is 1. The Morgan fingerprint density at radius 2 is 2.05 bits per heavy atom. The van der Waals surface area contributed by atoms with Gasteiger partial charge >= 0.3 is 0 Å². The maximum Gasteiger partial charge on any atom is 0.122 e. The molecule has 3 N–H and O–H groups in total. The molecular weight excluding hydrogens is 286 g/mol. The SMILES string of the molecule is COc1ccc(Cl)cc1CC(NN)c1ccc(C)nc1C. The van der Waals surface area contributed by atoms with Gasteiger partial charge in [-0.05, 0) is 55.7 Å². The van der Waals surface area contributed by atoms with Crippen LogP contribution in [0.1, 0.15) is 28.6 Å². The number of nitrogens with two attached hydrogens (primary N) is 1. The highest BCUT2D eigenvalue weighted by atomic mass is 35.5. The molecule has 0 radical (unpaired) electrons. The lowest BCUT2D eigenvalue weighted by molar-refractivity contribution is 0.405. The van der Waals surface area contributed by atoms with Crippen LogP contribution in [0.3, 0.4) is 0 Å². The minimum atomic E-state index is -0.0505. The van der Waals surface area contributed by atoms with Gasteiger partial charge in [0.2, 0.25) is 0 Å². The van der Waals surface area contributed by atoms with Crippen molar-refractivity contribution >= 4 is 11.6 Å². The number of hydrogen-bond acceptors (Lipinski definition) is 4. The highest BCUT2D eigenvalue weighted by Crippen LogP contribution is 2.28. The van der Waals surface area contributed by atoms with Crippen molar-refractivity contribution in [2.24, 2.45) is 5.84 Å². The Morgan fingerprint density at radius 1 is 1.29 bits per heavy atom. The molecule has 0 fully saturated rings. The van der Waals surface area contributed by atoms with Crippen LogP contribution < -0.4 is 16.0 Å². The highest BCUT2D eigenvalue weighted by Gasteiger charge is 2.16. The average Bonchev–Trinajstić information content (AvgIpc) is 2.45.